The van der Waals surface area contributed by atoms with Gasteiger partial charge in [0.2, 0.25) is 0 Å². The monoisotopic (exact) mass is 352 g/mol. The lowest BCUT2D eigenvalue weighted by atomic mass is 10.1. The molecular weight excluding hydrogens is 328 g/mol. The number of piperazine rings is 1. The van der Waals surface area contributed by atoms with E-state index in [9.17, 15) is 4.79 Å². The van der Waals surface area contributed by atoms with Gasteiger partial charge in [-0.3, -0.25) is 9.69 Å². The molecule has 24 heavy (non-hydrogen) atoms. The molecule has 1 aromatic carbocycles. The van der Waals surface area contributed by atoms with Crippen LogP contribution in [0.5, 0.6) is 11.5 Å². The van der Waals surface area contributed by atoms with Gasteiger partial charge in [-0.2, -0.15) is 0 Å². The molecule has 2 aliphatic heterocycles. The van der Waals surface area contributed by atoms with Crippen LogP contribution in [0.25, 0.3) is 0 Å². The normalized spacial score (nSPS) is 18.6. The Kier molecular flexibility index (Phi) is 5.51. The van der Waals surface area contributed by atoms with Crippen molar-refractivity contribution in [2.24, 2.45) is 5.92 Å². The Balaban J connectivity index is 1.70. The highest BCUT2D eigenvalue weighted by molar-refractivity contribution is 6.32. The van der Waals surface area contributed by atoms with Crippen LogP contribution in [0.3, 0.4) is 0 Å². The van der Waals surface area contributed by atoms with Crippen LogP contribution < -0.4 is 9.47 Å². The van der Waals surface area contributed by atoms with Gasteiger partial charge in [0.25, 0.3) is 5.91 Å². The van der Waals surface area contributed by atoms with Crippen LogP contribution in [0, 0.1) is 5.92 Å². The van der Waals surface area contributed by atoms with E-state index in [1.54, 1.807) is 12.1 Å². The van der Waals surface area contributed by atoms with Crippen molar-refractivity contribution in [2.75, 3.05) is 45.9 Å². The number of amides is 1. The minimum Gasteiger partial charge on any atom is -0.489 e. The summed E-state index contributed by atoms with van der Waals surface area (Å²) in [4.78, 5) is 17.1. The van der Waals surface area contributed by atoms with Crippen LogP contribution in [0.1, 0.15) is 30.6 Å². The zero-order valence-corrected chi connectivity index (χ0v) is 15.1. The summed E-state index contributed by atoms with van der Waals surface area (Å²) >= 11 is 6.30. The second-order valence-corrected chi connectivity index (χ2v) is 7.23. The fourth-order valence-corrected chi connectivity index (χ4v) is 3.45. The molecule has 0 aromatic heterocycles. The summed E-state index contributed by atoms with van der Waals surface area (Å²) in [5.41, 5.74) is 0.571. The third-order valence-corrected chi connectivity index (χ3v) is 4.61. The van der Waals surface area contributed by atoms with E-state index in [1.165, 1.54) is 0 Å². The first-order valence-corrected chi connectivity index (χ1v) is 9.03. The van der Waals surface area contributed by atoms with Gasteiger partial charge >= 0.3 is 0 Å². The lowest BCUT2D eigenvalue weighted by Crippen LogP contribution is -2.49. The maximum absolute atomic E-state index is 12.8. The summed E-state index contributed by atoms with van der Waals surface area (Å²) in [5, 5.41) is 0.441. The van der Waals surface area contributed by atoms with Gasteiger partial charge < -0.3 is 14.4 Å². The van der Waals surface area contributed by atoms with Crippen molar-refractivity contribution >= 4 is 17.5 Å². The van der Waals surface area contributed by atoms with Crippen molar-refractivity contribution in [3.05, 3.63) is 22.7 Å². The molecule has 0 unspecified atom stereocenters. The van der Waals surface area contributed by atoms with Gasteiger partial charge in [0.05, 0.1) is 18.2 Å². The minimum atomic E-state index is 0.0109. The van der Waals surface area contributed by atoms with Crippen molar-refractivity contribution in [1.29, 1.82) is 0 Å². The lowest BCUT2D eigenvalue weighted by molar-refractivity contribution is 0.0623. The van der Waals surface area contributed by atoms with Crippen molar-refractivity contribution in [1.82, 2.24) is 9.80 Å². The molecule has 0 aliphatic carbocycles. The van der Waals surface area contributed by atoms with Crippen molar-refractivity contribution in [3.8, 4) is 11.5 Å². The molecule has 1 saturated heterocycles. The Morgan fingerprint density at radius 2 is 1.88 bits per heavy atom. The van der Waals surface area contributed by atoms with Gasteiger partial charge in [0, 0.05) is 44.7 Å². The highest BCUT2D eigenvalue weighted by atomic mass is 35.5. The predicted octanol–water partition coefficient (Wildman–Crippen LogP) is 2.92. The molecule has 0 bridgehead atoms. The molecular formula is C18H25ClN2O3. The zero-order chi connectivity index (χ0) is 17.1. The summed E-state index contributed by atoms with van der Waals surface area (Å²) < 4.78 is 11.3. The summed E-state index contributed by atoms with van der Waals surface area (Å²) in [6, 6.07) is 3.45. The second kappa shape index (κ2) is 7.62. The molecule has 0 spiro atoms. The topological polar surface area (TPSA) is 42.0 Å². The lowest BCUT2D eigenvalue weighted by Gasteiger charge is -2.35. The van der Waals surface area contributed by atoms with Crippen LogP contribution in [0.4, 0.5) is 0 Å². The standard InChI is InChI=1S/C18H25ClN2O3/c1-13(2)12-20-4-6-21(7-5-20)18(22)14-10-15(19)17-16(11-14)23-8-3-9-24-17/h10-11,13H,3-9,12H2,1-2H3. The molecule has 0 atom stereocenters. The van der Waals surface area contributed by atoms with Crippen LogP contribution in [-0.2, 0) is 0 Å². The van der Waals surface area contributed by atoms with Gasteiger partial charge in [-0.05, 0) is 18.1 Å². The predicted molar refractivity (Wildman–Crippen MR) is 94.2 cm³/mol. The van der Waals surface area contributed by atoms with Crippen molar-refractivity contribution < 1.29 is 14.3 Å². The number of hydrogen-bond acceptors (Lipinski definition) is 4. The van der Waals surface area contributed by atoms with E-state index in [4.69, 9.17) is 21.1 Å². The number of carbonyl (C=O) groups is 1. The Morgan fingerprint density at radius 1 is 1.17 bits per heavy atom. The SMILES string of the molecule is CC(C)CN1CCN(C(=O)c2cc(Cl)c3c(c2)OCCCO3)CC1. The van der Waals surface area contributed by atoms with E-state index in [0.717, 1.165) is 39.1 Å². The Morgan fingerprint density at radius 3 is 2.58 bits per heavy atom. The van der Waals surface area contributed by atoms with Crippen LogP contribution in [0.15, 0.2) is 12.1 Å². The molecule has 2 aliphatic rings. The number of halogens is 1. The molecule has 0 radical (unpaired) electrons. The van der Waals surface area contributed by atoms with Crippen LogP contribution in [0.2, 0.25) is 5.02 Å². The molecule has 1 fully saturated rings. The van der Waals surface area contributed by atoms with E-state index >= 15 is 0 Å². The number of benzene rings is 1. The van der Waals surface area contributed by atoms with Gasteiger partial charge in [-0.25, -0.2) is 0 Å². The maximum atomic E-state index is 12.8. The van der Waals surface area contributed by atoms with Crippen LogP contribution >= 0.6 is 11.6 Å². The summed E-state index contributed by atoms with van der Waals surface area (Å²) in [5.74, 6) is 1.78. The van der Waals surface area contributed by atoms with E-state index in [-0.39, 0.29) is 5.91 Å². The number of carbonyl (C=O) groups excluding carboxylic acids is 1. The second-order valence-electron chi connectivity index (χ2n) is 6.82. The van der Waals surface area contributed by atoms with Gasteiger partial charge in [-0.1, -0.05) is 25.4 Å². The van der Waals surface area contributed by atoms with E-state index < -0.39 is 0 Å². The summed E-state index contributed by atoms with van der Waals surface area (Å²) in [6.07, 6.45) is 0.812. The molecule has 2 heterocycles. The Labute approximate surface area is 148 Å². The number of hydrogen-bond donors (Lipinski definition) is 0. The highest BCUT2D eigenvalue weighted by Gasteiger charge is 2.25. The third kappa shape index (κ3) is 3.95. The molecule has 6 heteroatoms. The van der Waals surface area contributed by atoms with Crippen LogP contribution in [-0.4, -0.2) is 61.6 Å². The molecule has 1 aromatic rings. The first kappa shape index (κ1) is 17.4. The van der Waals surface area contributed by atoms with Gasteiger partial charge in [-0.15, -0.1) is 0 Å². The average molecular weight is 353 g/mol. The highest BCUT2D eigenvalue weighted by Crippen LogP contribution is 2.38. The number of nitrogens with zero attached hydrogens (tertiary/aromatic N) is 2. The number of ether oxygens (including phenoxy) is 2. The van der Waals surface area contributed by atoms with E-state index in [1.807, 2.05) is 4.90 Å². The van der Waals surface area contributed by atoms with E-state index in [0.29, 0.717) is 41.2 Å². The molecule has 0 N–H and O–H groups in total. The molecule has 1 amide bonds. The van der Waals surface area contributed by atoms with Crippen molar-refractivity contribution in [3.63, 3.8) is 0 Å². The smallest absolute Gasteiger partial charge is 0.254 e. The number of fused-ring (bicyclic) bond motifs is 1. The molecule has 0 saturated carbocycles. The summed E-state index contributed by atoms with van der Waals surface area (Å²) in [7, 11) is 0. The van der Waals surface area contributed by atoms with Gasteiger partial charge in [0.15, 0.2) is 11.5 Å². The zero-order valence-electron chi connectivity index (χ0n) is 14.4. The first-order valence-electron chi connectivity index (χ1n) is 8.65. The largest absolute Gasteiger partial charge is 0.489 e. The fourth-order valence-electron chi connectivity index (χ4n) is 3.19. The quantitative estimate of drug-likeness (QED) is 0.838. The van der Waals surface area contributed by atoms with Gasteiger partial charge in [0.1, 0.15) is 0 Å². The Hall–Kier alpha value is -1.46. The molecule has 5 nitrogen and oxygen atoms in total. The summed E-state index contributed by atoms with van der Waals surface area (Å²) in [6.45, 7) is 10.0. The fraction of sp³-hybridized carbons (Fsp3) is 0.611. The first-order chi connectivity index (χ1) is 11.5. The third-order valence-electron chi connectivity index (χ3n) is 4.33. The Bertz CT molecular complexity index is 598. The number of rotatable bonds is 3. The molecule has 3 rings (SSSR count). The molecule has 132 valence electrons. The van der Waals surface area contributed by atoms with Crippen molar-refractivity contribution in [2.45, 2.75) is 20.3 Å². The van der Waals surface area contributed by atoms with E-state index in [2.05, 4.69) is 18.7 Å². The maximum Gasteiger partial charge on any atom is 0.254 e. The average Bonchev–Trinajstić information content (AvgIpc) is 2.80. The minimum absolute atomic E-state index is 0.0109.